The van der Waals surface area contributed by atoms with E-state index in [4.69, 9.17) is 0 Å². The molecule has 1 aromatic carbocycles. The second-order valence-electron chi connectivity index (χ2n) is 4.27. The molecule has 0 bridgehead atoms. The Morgan fingerprint density at radius 3 is 2.94 bits per heavy atom. The van der Waals surface area contributed by atoms with Crippen LogP contribution >= 0.6 is 28.3 Å². The average Bonchev–Trinajstić information content (AvgIpc) is 2.27. The van der Waals surface area contributed by atoms with Crippen LogP contribution in [0.15, 0.2) is 22.7 Å². The molecule has 0 amide bonds. The summed E-state index contributed by atoms with van der Waals surface area (Å²) < 4.78 is 13.6. The van der Waals surface area contributed by atoms with Crippen molar-refractivity contribution >= 4 is 28.3 Å². The van der Waals surface area contributed by atoms with E-state index >= 15 is 0 Å². The van der Waals surface area contributed by atoms with E-state index in [1.807, 2.05) is 12.1 Å². The summed E-state index contributed by atoms with van der Waals surface area (Å²) in [6, 6.07) is 5.78. The number of halogens is 3. The molecule has 0 unspecified atom stereocenters. The van der Waals surface area contributed by atoms with E-state index in [2.05, 4.69) is 33.1 Å². The quantitative estimate of drug-likeness (QED) is 0.900. The van der Waals surface area contributed by atoms with E-state index in [-0.39, 0.29) is 18.2 Å². The first-order chi connectivity index (χ1) is 7.66. The van der Waals surface area contributed by atoms with Crippen LogP contribution in [0.5, 0.6) is 0 Å². The van der Waals surface area contributed by atoms with Crippen molar-refractivity contribution in [1.29, 1.82) is 0 Å². The van der Waals surface area contributed by atoms with Crippen molar-refractivity contribution in [2.75, 3.05) is 19.6 Å². The van der Waals surface area contributed by atoms with Crippen molar-refractivity contribution in [3.8, 4) is 0 Å². The fourth-order valence-corrected chi connectivity index (χ4v) is 2.42. The van der Waals surface area contributed by atoms with Gasteiger partial charge < -0.3 is 5.32 Å². The van der Waals surface area contributed by atoms with E-state index in [1.165, 1.54) is 6.07 Å². The van der Waals surface area contributed by atoms with Crippen molar-refractivity contribution in [2.45, 2.75) is 19.5 Å². The summed E-state index contributed by atoms with van der Waals surface area (Å²) in [5.74, 6) is -0.197. The van der Waals surface area contributed by atoms with Gasteiger partial charge in [0.2, 0.25) is 0 Å². The van der Waals surface area contributed by atoms with Crippen LogP contribution in [0.1, 0.15) is 12.5 Å². The van der Waals surface area contributed by atoms with Gasteiger partial charge in [-0.1, -0.05) is 6.07 Å². The molecule has 1 saturated heterocycles. The molecule has 0 saturated carbocycles. The molecule has 0 aliphatic carbocycles. The first-order valence-electron chi connectivity index (χ1n) is 5.55. The minimum absolute atomic E-state index is 0. The third-order valence-electron chi connectivity index (χ3n) is 3.01. The number of rotatable bonds is 2. The lowest BCUT2D eigenvalue weighted by Crippen LogP contribution is -2.49. The zero-order valence-corrected chi connectivity index (χ0v) is 12.2. The maximum atomic E-state index is 13.1. The van der Waals surface area contributed by atoms with Crippen LogP contribution in [-0.2, 0) is 6.54 Å². The zero-order valence-electron chi connectivity index (χ0n) is 9.75. The molecule has 1 fully saturated rings. The highest BCUT2D eigenvalue weighted by Crippen LogP contribution is 2.18. The maximum Gasteiger partial charge on any atom is 0.137 e. The summed E-state index contributed by atoms with van der Waals surface area (Å²) in [6.45, 7) is 6.22. The number of piperazine rings is 1. The highest BCUT2D eigenvalue weighted by atomic mass is 79.9. The van der Waals surface area contributed by atoms with Crippen molar-refractivity contribution < 1.29 is 4.39 Å². The Morgan fingerprint density at radius 1 is 1.53 bits per heavy atom. The molecule has 1 aliphatic heterocycles. The lowest BCUT2D eigenvalue weighted by molar-refractivity contribution is 0.165. The fourth-order valence-electron chi connectivity index (χ4n) is 1.99. The van der Waals surface area contributed by atoms with Crippen LogP contribution in [0.25, 0.3) is 0 Å². The predicted octanol–water partition coefficient (Wildman–Crippen LogP) is 2.80. The molecule has 2 rings (SSSR count). The number of nitrogens with zero attached hydrogens (tertiary/aromatic N) is 1. The first kappa shape index (κ1) is 14.9. The van der Waals surface area contributed by atoms with Gasteiger partial charge in [0, 0.05) is 32.2 Å². The number of hydrogen-bond acceptors (Lipinski definition) is 2. The SMILES string of the molecule is C[C@@H]1CNCCN1Cc1ccc(F)c(Br)c1.Cl. The van der Waals surface area contributed by atoms with Crippen LogP contribution in [0.4, 0.5) is 4.39 Å². The van der Waals surface area contributed by atoms with Gasteiger partial charge in [0.25, 0.3) is 0 Å². The lowest BCUT2D eigenvalue weighted by atomic mass is 10.1. The van der Waals surface area contributed by atoms with Crippen LogP contribution in [-0.4, -0.2) is 30.6 Å². The van der Waals surface area contributed by atoms with Gasteiger partial charge in [-0.15, -0.1) is 12.4 Å². The van der Waals surface area contributed by atoms with Crippen LogP contribution in [0.2, 0.25) is 0 Å². The second kappa shape index (κ2) is 6.69. The van der Waals surface area contributed by atoms with E-state index in [9.17, 15) is 4.39 Å². The molecule has 0 radical (unpaired) electrons. The van der Waals surface area contributed by atoms with Gasteiger partial charge in [-0.25, -0.2) is 4.39 Å². The van der Waals surface area contributed by atoms with Crippen molar-refractivity contribution in [3.63, 3.8) is 0 Å². The molecular weight excluding hydrogens is 307 g/mol. The molecule has 5 heteroatoms. The van der Waals surface area contributed by atoms with E-state index < -0.39 is 0 Å². The zero-order chi connectivity index (χ0) is 11.5. The van der Waals surface area contributed by atoms with Gasteiger partial charge in [0.1, 0.15) is 5.82 Å². The Kier molecular flexibility index (Phi) is 5.86. The predicted molar refractivity (Wildman–Crippen MR) is 74.1 cm³/mol. The molecule has 1 atom stereocenters. The van der Waals surface area contributed by atoms with Gasteiger partial charge in [-0.05, 0) is 40.5 Å². The average molecular weight is 324 g/mol. The van der Waals surface area contributed by atoms with Crippen molar-refractivity contribution in [2.24, 2.45) is 0 Å². The summed E-state index contributed by atoms with van der Waals surface area (Å²) in [7, 11) is 0. The van der Waals surface area contributed by atoms with Crippen LogP contribution in [0, 0.1) is 5.82 Å². The third-order valence-corrected chi connectivity index (χ3v) is 3.62. The number of nitrogens with one attached hydrogen (secondary N) is 1. The Balaban J connectivity index is 0.00000144. The Hall–Kier alpha value is -0.160. The summed E-state index contributed by atoms with van der Waals surface area (Å²) in [5.41, 5.74) is 1.15. The molecule has 0 aromatic heterocycles. The maximum absolute atomic E-state index is 13.1. The van der Waals surface area contributed by atoms with Gasteiger partial charge in [-0.3, -0.25) is 4.90 Å². The molecule has 96 valence electrons. The van der Waals surface area contributed by atoms with Crippen molar-refractivity contribution in [3.05, 3.63) is 34.1 Å². The molecule has 17 heavy (non-hydrogen) atoms. The molecule has 1 heterocycles. The summed E-state index contributed by atoms with van der Waals surface area (Å²) in [6.07, 6.45) is 0. The summed E-state index contributed by atoms with van der Waals surface area (Å²) in [5, 5.41) is 3.36. The molecule has 0 spiro atoms. The minimum Gasteiger partial charge on any atom is -0.314 e. The second-order valence-corrected chi connectivity index (χ2v) is 5.13. The lowest BCUT2D eigenvalue weighted by Gasteiger charge is -2.33. The highest BCUT2D eigenvalue weighted by molar-refractivity contribution is 9.10. The van der Waals surface area contributed by atoms with E-state index in [1.54, 1.807) is 0 Å². The normalized spacial score (nSPS) is 21.0. The van der Waals surface area contributed by atoms with E-state index in [0.29, 0.717) is 10.5 Å². The van der Waals surface area contributed by atoms with Gasteiger partial charge in [0.05, 0.1) is 4.47 Å². The monoisotopic (exact) mass is 322 g/mol. The summed E-state index contributed by atoms with van der Waals surface area (Å²) in [4.78, 5) is 2.41. The van der Waals surface area contributed by atoms with Gasteiger partial charge in [0.15, 0.2) is 0 Å². The number of benzene rings is 1. The molecule has 1 N–H and O–H groups in total. The topological polar surface area (TPSA) is 15.3 Å². The first-order valence-corrected chi connectivity index (χ1v) is 6.35. The third kappa shape index (κ3) is 3.91. The minimum atomic E-state index is -0.197. The highest BCUT2D eigenvalue weighted by Gasteiger charge is 2.17. The van der Waals surface area contributed by atoms with Crippen LogP contribution < -0.4 is 5.32 Å². The Bertz CT molecular complexity index is 376. The van der Waals surface area contributed by atoms with Crippen LogP contribution in [0.3, 0.4) is 0 Å². The summed E-state index contributed by atoms with van der Waals surface area (Å²) >= 11 is 3.22. The molecule has 1 aromatic rings. The largest absolute Gasteiger partial charge is 0.314 e. The molecular formula is C12H17BrClFN2. The standard InChI is InChI=1S/C12H16BrFN2.ClH/c1-9-7-15-4-5-16(9)8-10-2-3-12(14)11(13)6-10;/h2-3,6,9,15H,4-5,7-8H2,1H3;1H/t9-;/m1./s1. The Labute approximate surface area is 116 Å². The molecule has 2 nitrogen and oxygen atoms in total. The van der Waals surface area contributed by atoms with E-state index in [0.717, 1.165) is 31.7 Å². The Morgan fingerprint density at radius 2 is 2.29 bits per heavy atom. The van der Waals surface area contributed by atoms with Gasteiger partial charge in [-0.2, -0.15) is 0 Å². The van der Waals surface area contributed by atoms with Crippen molar-refractivity contribution in [1.82, 2.24) is 10.2 Å². The number of hydrogen-bond donors (Lipinski definition) is 1. The fraction of sp³-hybridized carbons (Fsp3) is 0.500. The molecule has 1 aliphatic rings. The van der Waals surface area contributed by atoms with Gasteiger partial charge >= 0.3 is 0 Å². The smallest absolute Gasteiger partial charge is 0.137 e.